The summed E-state index contributed by atoms with van der Waals surface area (Å²) in [6.45, 7) is 3.89. The lowest BCUT2D eigenvalue weighted by Crippen LogP contribution is -2.40. The van der Waals surface area contributed by atoms with Gasteiger partial charge in [-0.1, -0.05) is 12.1 Å². The highest BCUT2D eigenvalue weighted by Gasteiger charge is 2.36. The molecule has 1 aromatic rings. The van der Waals surface area contributed by atoms with E-state index in [4.69, 9.17) is 5.11 Å². The molecule has 1 aliphatic rings. The first-order chi connectivity index (χ1) is 11.6. The van der Waals surface area contributed by atoms with Gasteiger partial charge >= 0.3 is 12.1 Å². The Morgan fingerprint density at radius 3 is 2.16 bits per heavy atom. The Hall–Kier alpha value is -2.05. The van der Waals surface area contributed by atoms with E-state index in [1.807, 2.05) is 13.8 Å². The van der Waals surface area contributed by atoms with Crippen molar-refractivity contribution in [2.24, 2.45) is 11.8 Å². The van der Waals surface area contributed by atoms with E-state index in [0.29, 0.717) is 24.8 Å². The van der Waals surface area contributed by atoms with Crippen LogP contribution in [0.5, 0.6) is 0 Å². The minimum Gasteiger partial charge on any atom is -0.481 e. The van der Waals surface area contributed by atoms with Crippen molar-refractivity contribution < 1.29 is 27.9 Å². The summed E-state index contributed by atoms with van der Waals surface area (Å²) in [5, 5.41) is 9.07. The van der Waals surface area contributed by atoms with E-state index >= 15 is 0 Å². The second-order valence-corrected chi connectivity index (χ2v) is 6.80. The number of nitrogens with zero attached hydrogens (tertiary/aromatic N) is 1. The lowest BCUT2D eigenvalue weighted by atomic mass is 10.0. The van der Waals surface area contributed by atoms with Crippen molar-refractivity contribution in [3.05, 3.63) is 35.4 Å². The number of aliphatic carboxylic acids is 1. The van der Waals surface area contributed by atoms with Crippen LogP contribution in [0.1, 0.15) is 44.2 Å². The molecule has 0 heterocycles. The van der Waals surface area contributed by atoms with Crippen molar-refractivity contribution >= 4 is 11.9 Å². The van der Waals surface area contributed by atoms with Crippen LogP contribution in [0.3, 0.4) is 0 Å². The molecule has 2 rings (SSSR count). The molecule has 1 aliphatic carbocycles. The number of alkyl halides is 3. The topological polar surface area (TPSA) is 57.6 Å². The molecule has 7 heteroatoms. The Balaban J connectivity index is 2.08. The maximum atomic E-state index is 12.7. The maximum absolute atomic E-state index is 12.7. The molecule has 0 bridgehead atoms. The number of benzene rings is 1. The molecule has 1 N–H and O–H groups in total. The molecule has 138 valence electrons. The molecule has 0 unspecified atom stereocenters. The Morgan fingerprint density at radius 2 is 1.72 bits per heavy atom. The van der Waals surface area contributed by atoms with E-state index in [9.17, 15) is 22.8 Å². The first-order valence-electron chi connectivity index (χ1n) is 8.29. The van der Waals surface area contributed by atoms with Crippen LogP contribution in [0.4, 0.5) is 13.2 Å². The van der Waals surface area contributed by atoms with Gasteiger partial charge in [0.1, 0.15) is 0 Å². The number of carboxylic acid groups (broad SMARTS) is 1. The quantitative estimate of drug-likeness (QED) is 0.868. The number of carbonyl (C=O) groups is 2. The molecule has 0 aromatic heterocycles. The molecule has 1 saturated carbocycles. The molecule has 1 fully saturated rings. The molecule has 0 spiro atoms. The summed E-state index contributed by atoms with van der Waals surface area (Å²) in [4.78, 5) is 25.4. The normalized spacial score (nSPS) is 20.7. The van der Waals surface area contributed by atoms with Gasteiger partial charge in [-0.2, -0.15) is 13.2 Å². The van der Waals surface area contributed by atoms with E-state index in [2.05, 4.69) is 0 Å². The highest BCUT2D eigenvalue weighted by Crippen LogP contribution is 2.33. The number of amides is 1. The molecule has 1 aromatic carbocycles. The standard InChI is InChI=1S/C18H22F3NO3/c1-11(2)22(16(23)13-5-6-14(9-13)17(24)25)10-12-3-7-15(8-4-12)18(19,20)21/h3-4,7-8,11,13-14H,5-6,9-10H2,1-2H3,(H,24,25)/t13-,14+/m1/s1. The number of hydrogen-bond donors (Lipinski definition) is 1. The van der Waals surface area contributed by atoms with Crippen molar-refractivity contribution in [3.8, 4) is 0 Å². The fraction of sp³-hybridized carbons (Fsp3) is 0.556. The largest absolute Gasteiger partial charge is 0.481 e. The van der Waals surface area contributed by atoms with Gasteiger partial charge in [0.15, 0.2) is 0 Å². The lowest BCUT2D eigenvalue weighted by Gasteiger charge is -2.29. The van der Waals surface area contributed by atoms with Crippen LogP contribution in [0, 0.1) is 11.8 Å². The van der Waals surface area contributed by atoms with Gasteiger partial charge in [-0.15, -0.1) is 0 Å². The summed E-state index contributed by atoms with van der Waals surface area (Å²) in [6.07, 6.45) is -3.05. The molecular formula is C18H22F3NO3. The zero-order chi connectivity index (χ0) is 18.8. The monoisotopic (exact) mass is 357 g/mol. The Labute approximate surface area is 144 Å². The number of carboxylic acids is 1. The smallest absolute Gasteiger partial charge is 0.416 e. The van der Waals surface area contributed by atoms with Crippen LogP contribution in [0.15, 0.2) is 24.3 Å². The van der Waals surface area contributed by atoms with Crippen molar-refractivity contribution in [2.75, 3.05) is 0 Å². The van der Waals surface area contributed by atoms with Crippen LogP contribution >= 0.6 is 0 Å². The predicted octanol–water partition coefficient (Wildman–Crippen LogP) is 3.94. The third-order valence-electron chi connectivity index (χ3n) is 4.67. The van der Waals surface area contributed by atoms with E-state index in [1.54, 1.807) is 4.90 Å². The molecule has 2 atom stereocenters. The second-order valence-electron chi connectivity index (χ2n) is 6.80. The lowest BCUT2D eigenvalue weighted by molar-refractivity contribution is -0.142. The fourth-order valence-electron chi connectivity index (χ4n) is 3.18. The summed E-state index contributed by atoms with van der Waals surface area (Å²) in [7, 11) is 0. The SMILES string of the molecule is CC(C)N(Cc1ccc(C(F)(F)F)cc1)C(=O)[C@@H]1CC[C@H](C(=O)O)C1. The molecular weight excluding hydrogens is 335 g/mol. The third-order valence-corrected chi connectivity index (χ3v) is 4.67. The summed E-state index contributed by atoms with van der Waals surface area (Å²) in [5.74, 6) is -1.83. The number of halogens is 3. The van der Waals surface area contributed by atoms with Crippen molar-refractivity contribution in [2.45, 2.75) is 51.9 Å². The number of carbonyl (C=O) groups excluding carboxylic acids is 1. The molecule has 25 heavy (non-hydrogen) atoms. The van der Waals surface area contributed by atoms with Crippen molar-refractivity contribution in [3.63, 3.8) is 0 Å². The van der Waals surface area contributed by atoms with E-state index < -0.39 is 23.6 Å². The number of hydrogen-bond acceptors (Lipinski definition) is 2. The second kappa shape index (κ2) is 7.45. The van der Waals surface area contributed by atoms with Crippen molar-refractivity contribution in [1.29, 1.82) is 0 Å². The highest BCUT2D eigenvalue weighted by atomic mass is 19.4. The van der Waals surface area contributed by atoms with Crippen LogP contribution in [0.25, 0.3) is 0 Å². The Bertz CT molecular complexity index is 625. The first kappa shape index (κ1) is 19.3. The minimum absolute atomic E-state index is 0.126. The molecule has 0 radical (unpaired) electrons. The maximum Gasteiger partial charge on any atom is 0.416 e. The molecule has 0 saturated heterocycles. The molecule has 4 nitrogen and oxygen atoms in total. The summed E-state index contributed by atoms with van der Waals surface area (Å²) in [5.41, 5.74) is -0.110. The summed E-state index contributed by atoms with van der Waals surface area (Å²) >= 11 is 0. The zero-order valence-corrected chi connectivity index (χ0v) is 14.2. The van der Waals surface area contributed by atoms with Gasteiger partial charge in [-0.3, -0.25) is 9.59 Å². The average molecular weight is 357 g/mol. The molecule has 1 amide bonds. The van der Waals surface area contributed by atoms with Gasteiger partial charge in [-0.25, -0.2) is 0 Å². The Kier molecular flexibility index (Phi) is 5.75. The predicted molar refractivity (Wildman–Crippen MR) is 85.6 cm³/mol. The molecule has 0 aliphatic heterocycles. The first-order valence-corrected chi connectivity index (χ1v) is 8.29. The zero-order valence-electron chi connectivity index (χ0n) is 14.2. The van der Waals surface area contributed by atoms with Crippen LogP contribution in [-0.2, 0) is 22.3 Å². The fourth-order valence-corrected chi connectivity index (χ4v) is 3.18. The minimum atomic E-state index is -4.39. The van der Waals surface area contributed by atoms with Crippen LogP contribution in [0.2, 0.25) is 0 Å². The van der Waals surface area contributed by atoms with Gasteiger partial charge in [0.25, 0.3) is 0 Å². The highest BCUT2D eigenvalue weighted by molar-refractivity contribution is 5.81. The Morgan fingerprint density at radius 1 is 1.16 bits per heavy atom. The summed E-state index contributed by atoms with van der Waals surface area (Å²) in [6, 6.07) is 4.64. The van der Waals surface area contributed by atoms with E-state index in [1.165, 1.54) is 12.1 Å². The van der Waals surface area contributed by atoms with Crippen molar-refractivity contribution in [1.82, 2.24) is 4.90 Å². The van der Waals surface area contributed by atoms with Crippen LogP contribution < -0.4 is 0 Å². The van der Waals surface area contributed by atoms with E-state index in [-0.39, 0.29) is 24.4 Å². The van der Waals surface area contributed by atoms with E-state index in [0.717, 1.165) is 12.1 Å². The van der Waals surface area contributed by atoms with Gasteiger partial charge in [0.2, 0.25) is 5.91 Å². The van der Waals surface area contributed by atoms with Gasteiger partial charge in [-0.05, 0) is 50.8 Å². The van der Waals surface area contributed by atoms with Crippen LogP contribution in [-0.4, -0.2) is 27.9 Å². The van der Waals surface area contributed by atoms with Gasteiger partial charge in [0.05, 0.1) is 11.5 Å². The van der Waals surface area contributed by atoms with Gasteiger partial charge in [0, 0.05) is 18.5 Å². The average Bonchev–Trinajstić information content (AvgIpc) is 3.01. The van der Waals surface area contributed by atoms with Gasteiger partial charge < -0.3 is 10.0 Å². The summed E-state index contributed by atoms with van der Waals surface area (Å²) < 4.78 is 37.9. The number of rotatable bonds is 5. The third kappa shape index (κ3) is 4.74.